The molecule has 120 valence electrons. The largest absolute Gasteiger partial charge is 0.457 e. The third kappa shape index (κ3) is 4.54. The monoisotopic (exact) mass is 320 g/mol. The van der Waals surface area contributed by atoms with Crippen LogP contribution >= 0.6 is 0 Å². The molecule has 0 saturated heterocycles. The van der Waals surface area contributed by atoms with E-state index in [2.05, 4.69) is 20.6 Å². The highest BCUT2D eigenvalue weighted by molar-refractivity contribution is 5.88. The molecule has 1 aromatic carbocycles. The van der Waals surface area contributed by atoms with Crippen molar-refractivity contribution in [3.8, 4) is 11.5 Å². The SMILES string of the molecule is O=C(NCc1ccc(Oc2ccncc2)cc1)Nc1ccncc1. The Balaban J connectivity index is 1.50. The van der Waals surface area contributed by atoms with E-state index >= 15 is 0 Å². The Morgan fingerprint density at radius 3 is 2.08 bits per heavy atom. The van der Waals surface area contributed by atoms with Gasteiger partial charge in [0.2, 0.25) is 0 Å². The first-order chi connectivity index (χ1) is 11.8. The molecule has 0 aliphatic heterocycles. The zero-order valence-corrected chi connectivity index (χ0v) is 12.8. The van der Waals surface area contributed by atoms with E-state index in [9.17, 15) is 4.79 Å². The number of amides is 2. The highest BCUT2D eigenvalue weighted by Crippen LogP contribution is 2.20. The van der Waals surface area contributed by atoms with Gasteiger partial charge in [-0.25, -0.2) is 4.79 Å². The number of urea groups is 1. The van der Waals surface area contributed by atoms with Gasteiger partial charge in [0.1, 0.15) is 11.5 Å². The van der Waals surface area contributed by atoms with Gasteiger partial charge in [0, 0.05) is 37.0 Å². The summed E-state index contributed by atoms with van der Waals surface area (Å²) in [5, 5.41) is 5.53. The number of carbonyl (C=O) groups excluding carboxylic acids is 1. The van der Waals surface area contributed by atoms with E-state index < -0.39 is 0 Å². The van der Waals surface area contributed by atoms with Crippen LogP contribution in [-0.4, -0.2) is 16.0 Å². The fourth-order valence-electron chi connectivity index (χ4n) is 2.01. The smallest absolute Gasteiger partial charge is 0.319 e. The van der Waals surface area contributed by atoms with Crippen LogP contribution in [0.25, 0.3) is 0 Å². The fraction of sp³-hybridized carbons (Fsp3) is 0.0556. The zero-order valence-electron chi connectivity index (χ0n) is 12.8. The second-order valence-corrected chi connectivity index (χ2v) is 4.97. The van der Waals surface area contributed by atoms with Crippen molar-refractivity contribution in [2.45, 2.75) is 6.54 Å². The van der Waals surface area contributed by atoms with E-state index in [-0.39, 0.29) is 6.03 Å². The molecule has 3 rings (SSSR count). The lowest BCUT2D eigenvalue weighted by atomic mass is 10.2. The number of aromatic nitrogens is 2. The van der Waals surface area contributed by atoms with Crippen LogP contribution in [0.2, 0.25) is 0 Å². The van der Waals surface area contributed by atoms with Crippen molar-refractivity contribution in [2.24, 2.45) is 0 Å². The van der Waals surface area contributed by atoms with Gasteiger partial charge in [-0.05, 0) is 42.0 Å². The molecule has 2 N–H and O–H groups in total. The minimum Gasteiger partial charge on any atom is -0.457 e. The van der Waals surface area contributed by atoms with Crippen LogP contribution in [-0.2, 0) is 6.54 Å². The van der Waals surface area contributed by atoms with Crippen LogP contribution in [0.15, 0.2) is 73.3 Å². The minimum absolute atomic E-state index is 0.265. The van der Waals surface area contributed by atoms with Gasteiger partial charge in [0.25, 0.3) is 0 Å². The topological polar surface area (TPSA) is 76.1 Å². The summed E-state index contributed by atoms with van der Waals surface area (Å²) >= 11 is 0. The lowest BCUT2D eigenvalue weighted by Crippen LogP contribution is -2.28. The summed E-state index contributed by atoms with van der Waals surface area (Å²) in [5.74, 6) is 1.46. The lowest BCUT2D eigenvalue weighted by Gasteiger charge is -2.09. The Morgan fingerprint density at radius 1 is 0.833 bits per heavy atom. The van der Waals surface area contributed by atoms with Gasteiger partial charge < -0.3 is 15.4 Å². The maximum absolute atomic E-state index is 11.8. The molecule has 0 radical (unpaired) electrons. The van der Waals surface area contributed by atoms with Gasteiger partial charge in [0.05, 0.1) is 0 Å². The van der Waals surface area contributed by atoms with E-state index in [1.807, 2.05) is 24.3 Å². The minimum atomic E-state index is -0.265. The molecule has 2 heterocycles. The second-order valence-electron chi connectivity index (χ2n) is 4.97. The Kier molecular flexibility index (Phi) is 4.99. The van der Waals surface area contributed by atoms with Gasteiger partial charge in [0.15, 0.2) is 0 Å². The van der Waals surface area contributed by atoms with E-state index in [0.29, 0.717) is 12.2 Å². The number of nitrogens with zero attached hydrogens (tertiary/aromatic N) is 2. The third-order valence-electron chi connectivity index (χ3n) is 3.20. The number of nitrogens with one attached hydrogen (secondary N) is 2. The molecule has 0 aliphatic carbocycles. The molecule has 0 bridgehead atoms. The summed E-state index contributed by atoms with van der Waals surface area (Å²) in [5.41, 5.74) is 1.67. The van der Waals surface area contributed by atoms with Crippen LogP contribution < -0.4 is 15.4 Å². The normalized spacial score (nSPS) is 10.0. The van der Waals surface area contributed by atoms with Crippen LogP contribution in [0.3, 0.4) is 0 Å². The molecule has 2 aromatic heterocycles. The van der Waals surface area contributed by atoms with Crippen molar-refractivity contribution < 1.29 is 9.53 Å². The van der Waals surface area contributed by atoms with Crippen LogP contribution in [0.1, 0.15) is 5.56 Å². The molecular formula is C18H16N4O2. The van der Waals surface area contributed by atoms with Crippen molar-refractivity contribution >= 4 is 11.7 Å². The van der Waals surface area contributed by atoms with Gasteiger partial charge in [-0.15, -0.1) is 0 Å². The molecule has 0 aliphatic rings. The maximum atomic E-state index is 11.8. The number of anilines is 1. The highest BCUT2D eigenvalue weighted by Gasteiger charge is 2.02. The van der Waals surface area contributed by atoms with Crippen molar-refractivity contribution in [1.29, 1.82) is 0 Å². The van der Waals surface area contributed by atoms with E-state index in [4.69, 9.17) is 4.74 Å². The molecule has 0 spiro atoms. The van der Waals surface area contributed by atoms with Crippen molar-refractivity contribution in [2.75, 3.05) is 5.32 Å². The first kappa shape index (κ1) is 15.5. The molecule has 3 aromatic rings. The predicted octanol–water partition coefficient (Wildman–Crippen LogP) is 3.59. The Bertz CT molecular complexity index is 777. The summed E-state index contributed by atoms with van der Waals surface area (Å²) in [7, 11) is 0. The molecule has 2 amide bonds. The average molecular weight is 320 g/mol. The number of carbonyl (C=O) groups is 1. The molecular weight excluding hydrogens is 304 g/mol. The predicted molar refractivity (Wildman–Crippen MR) is 90.8 cm³/mol. The molecule has 6 nitrogen and oxygen atoms in total. The van der Waals surface area contributed by atoms with Gasteiger partial charge in [-0.3, -0.25) is 9.97 Å². The van der Waals surface area contributed by atoms with Gasteiger partial charge >= 0.3 is 6.03 Å². The molecule has 6 heteroatoms. The van der Waals surface area contributed by atoms with E-state index in [1.165, 1.54) is 0 Å². The average Bonchev–Trinajstić information content (AvgIpc) is 2.63. The van der Waals surface area contributed by atoms with Crippen LogP contribution in [0.5, 0.6) is 11.5 Å². The number of ether oxygens (including phenoxy) is 1. The first-order valence-corrected chi connectivity index (χ1v) is 7.41. The summed E-state index contributed by atoms with van der Waals surface area (Å²) in [4.78, 5) is 19.7. The summed E-state index contributed by atoms with van der Waals surface area (Å²) in [6.45, 7) is 0.423. The number of hydrogen-bond acceptors (Lipinski definition) is 4. The quantitative estimate of drug-likeness (QED) is 0.753. The van der Waals surface area contributed by atoms with Crippen LogP contribution in [0, 0.1) is 0 Å². The molecule has 0 saturated carbocycles. The van der Waals surface area contributed by atoms with Crippen molar-refractivity contribution in [3.63, 3.8) is 0 Å². The lowest BCUT2D eigenvalue weighted by molar-refractivity contribution is 0.251. The standard InChI is InChI=1S/C18H16N4O2/c23-18(22-15-5-9-19-10-6-15)21-13-14-1-3-16(4-2-14)24-17-7-11-20-12-8-17/h1-12H,13H2,(H2,19,21,22,23). The Morgan fingerprint density at radius 2 is 1.42 bits per heavy atom. The Hall–Kier alpha value is -3.41. The fourth-order valence-corrected chi connectivity index (χ4v) is 2.01. The van der Waals surface area contributed by atoms with E-state index in [0.717, 1.165) is 17.1 Å². The molecule has 0 fully saturated rings. The summed E-state index contributed by atoms with van der Waals surface area (Å²) < 4.78 is 5.69. The number of hydrogen-bond donors (Lipinski definition) is 2. The third-order valence-corrected chi connectivity index (χ3v) is 3.20. The summed E-state index contributed by atoms with van der Waals surface area (Å²) in [6.07, 6.45) is 6.60. The molecule has 0 atom stereocenters. The van der Waals surface area contributed by atoms with Crippen molar-refractivity contribution in [3.05, 3.63) is 78.9 Å². The molecule has 0 unspecified atom stereocenters. The second kappa shape index (κ2) is 7.73. The Labute approximate surface area is 139 Å². The first-order valence-electron chi connectivity index (χ1n) is 7.41. The number of pyridine rings is 2. The number of rotatable bonds is 5. The highest BCUT2D eigenvalue weighted by atomic mass is 16.5. The van der Waals surface area contributed by atoms with Crippen molar-refractivity contribution in [1.82, 2.24) is 15.3 Å². The van der Waals surface area contributed by atoms with Gasteiger partial charge in [-0.2, -0.15) is 0 Å². The number of benzene rings is 1. The van der Waals surface area contributed by atoms with Gasteiger partial charge in [-0.1, -0.05) is 12.1 Å². The summed E-state index contributed by atoms with van der Waals surface area (Å²) in [6, 6.07) is 14.3. The van der Waals surface area contributed by atoms with E-state index in [1.54, 1.807) is 49.1 Å². The van der Waals surface area contributed by atoms with Crippen LogP contribution in [0.4, 0.5) is 10.5 Å². The zero-order chi connectivity index (χ0) is 16.6. The molecule has 24 heavy (non-hydrogen) atoms. The maximum Gasteiger partial charge on any atom is 0.319 e.